The van der Waals surface area contributed by atoms with Crippen LogP contribution in [0.15, 0.2) is 42.0 Å². The Kier molecular flexibility index (Phi) is 3.63. The Labute approximate surface area is 121 Å². The second-order valence-electron chi connectivity index (χ2n) is 5.06. The summed E-state index contributed by atoms with van der Waals surface area (Å²) in [5.74, 6) is -0.841. The van der Waals surface area contributed by atoms with Crippen molar-refractivity contribution >= 4 is 22.8 Å². The summed E-state index contributed by atoms with van der Waals surface area (Å²) in [7, 11) is 0. The largest absolute Gasteiger partial charge is 0.480 e. The van der Waals surface area contributed by atoms with Crippen LogP contribution in [0.5, 0.6) is 0 Å². The zero-order valence-corrected chi connectivity index (χ0v) is 11.7. The smallest absolute Gasteiger partial charge is 0.325 e. The predicted molar refractivity (Wildman–Crippen MR) is 77.5 cm³/mol. The molecular weight excluding hydrogens is 274 g/mol. The van der Waals surface area contributed by atoms with Crippen LogP contribution in [0, 0.1) is 0 Å². The average molecular weight is 289 g/mol. The van der Waals surface area contributed by atoms with E-state index in [9.17, 15) is 14.7 Å². The summed E-state index contributed by atoms with van der Waals surface area (Å²) < 4.78 is 0. The van der Waals surface area contributed by atoms with Gasteiger partial charge in [-0.15, -0.1) is 0 Å². The van der Waals surface area contributed by atoms with E-state index >= 15 is 0 Å². The molecule has 1 aromatic carbocycles. The molecule has 0 spiro atoms. The molecule has 2 unspecified atom stereocenters. The molecule has 5 heteroatoms. The Morgan fingerprint density at radius 2 is 2.10 bits per heavy atom. The summed E-state index contributed by atoms with van der Waals surface area (Å²) in [4.78, 5) is 25.0. The lowest BCUT2D eigenvalue weighted by molar-refractivity contribution is -0.143. The highest BCUT2D eigenvalue weighted by atomic mass is 32.2. The van der Waals surface area contributed by atoms with Gasteiger partial charge in [0.05, 0.1) is 0 Å². The molecule has 2 aliphatic rings. The van der Waals surface area contributed by atoms with Crippen LogP contribution in [0.2, 0.25) is 0 Å². The summed E-state index contributed by atoms with van der Waals surface area (Å²) in [5, 5.41) is 9.89. The Hall–Kier alpha value is -1.59. The normalized spacial score (nSPS) is 24.1. The maximum atomic E-state index is 11.6. The third-order valence-corrected chi connectivity index (χ3v) is 4.93. The number of fused-ring (bicyclic) bond motifs is 1. The van der Waals surface area contributed by atoms with E-state index in [1.165, 1.54) is 11.8 Å². The Morgan fingerprint density at radius 1 is 1.35 bits per heavy atom. The summed E-state index contributed by atoms with van der Waals surface area (Å²) >= 11 is 1.36. The van der Waals surface area contributed by atoms with Gasteiger partial charge in [-0.05, 0) is 23.6 Å². The monoisotopic (exact) mass is 289 g/mol. The third-order valence-electron chi connectivity index (χ3n) is 3.75. The first-order valence-electron chi connectivity index (χ1n) is 6.58. The highest BCUT2D eigenvalue weighted by molar-refractivity contribution is 8.15. The van der Waals surface area contributed by atoms with Crippen LogP contribution in [0.1, 0.15) is 18.0 Å². The Balaban J connectivity index is 1.85. The topological polar surface area (TPSA) is 57.6 Å². The van der Waals surface area contributed by atoms with Crippen LogP contribution in [-0.2, 0) is 9.59 Å². The van der Waals surface area contributed by atoms with E-state index in [4.69, 9.17) is 0 Å². The second kappa shape index (κ2) is 5.42. The van der Waals surface area contributed by atoms with Crippen molar-refractivity contribution < 1.29 is 14.7 Å². The fourth-order valence-electron chi connectivity index (χ4n) is 2.85. The predicted octanol–water partition coefficient (Wildman–Crippen LogP) is 2.09. The van der Waals surface area contributed by atoms with Crippen molar-refractivity contribution in [2.75, 3.05) is 13.1 Å². The van der Waals surface area contributed by atoms with E-state index in [0.29, 0.717) is 13.1 Å². The molecule has 2 aliphatic heterocycles. The number of carbonyl (C=O) groups excluding carboxylic acids is 1. The number of carboxylic acid groups (broad SMARTS) is 1. The maximum Gasteiger partial charge on any atom is 0.325 e. The van der Waals surface area contributed by atoms with Crippen LogP contribution in [0.3, 0.4) is 0 Å². The summed E-state index contributed by atoms with van der Waals surface area (Å²) in [6, 6.07) is 8.63. The van der Waals surface area contributed by atoms with Crippen LogP contribution >= 0.6 is 11.8 Å². The molecule has 0 bridgehead atoms. The number of piperidine rings is 1. The minimum absolute atomic E-state index is 0.0958. The number of thioether (sulfide) groups is 1. The van der Waals surface area contributed by atoms with Crippen molar-refractivity contribution in [2.45, 2.75) is 17.7 Å². The number of carboxylic acids is 1. The molecule has 2 atom stereocenters. The van der Waals surface area contributed by atoms with E-state index in [2.05, 4.69) is 0 Å². The molecule has 1 aromatic rings. The fourth-order valence-corrected chi connectivity index (χ4v) is 3.87. The Bertz CT molecular complexity index is 570. The van der Waals surface area contributed by atoms with Gasteiger partial charge in [0.1, 0.15) is 6.04 Å². The van der Waals surface area contributed by atoms with Crippen LogP contribution in [0.4, 0.5) is 0 Å². The van der Waals surface area contributed by atoms with Gasteiger partial charge in [-0.2, -0.15) is 0 Å². The molecule has 0 radical (unpaired) electrons. The molecule has 104 valence electrons. The molecule has 1 N–H and O–H groups in total. The first-order chi connectivity index (χ1) is 9.65. The molecular formula is C15H15NO3S. The van der Waals surface area contributed by atoms with Crippen molar-refractivity contribution in [1.29, 1.82) is 0 Å². The number of rotatable bonds is 3. The summed E-state index contributed by atoms with van der Waals surface area (Å²) in [6.45, 7) is 1.27. The number of nitrogens with zero attached hydrogens (tertiary/aromatic N) is 1. The second-order valence-corrected chi connectivity index (χ2v) is 6.26. The number of aliphatic carboxylic acids is 1. The van der Waals surface area contributed by atoms with Gasteiger partial charge in [-0.25, -0.2) is 0 Å². The quantitative estimate of drug-likeness (QED) is 0.923. The van der Waals surface area contributed by atoms with Gasteiger partial charge in [-0.3, -0.25) is 14.5 Å². The molecule has 0 saturated carbocycles. The lowest BCUT2D eigenvalue weighted by Gasteiger charge is -2.35. The van der Waals surface area contributed by atoms with Gasteiger partial charge < -0.3 is 5.11 Å². The number of carbonyl (C=O) groups is 2. The van der Waals surface area contributed by atoms with Crippen molar-refractivity contribution in [3.8, 4) is 0 Å². The SMILES string of the molecule is O=C1C=C2CN(C(C(=O)O)c3ccccc3)CCC2S1. The van der Waals surface area contributed by atoms with E-state index in [-0.39, 0.29) is 10.4 Å². The van der Waals surface area contributed by atoms with Gasteiger partial charge in [0.25, 0.3) is 0 Å². The van der Waals surface area contributed by atoms with Gasteiger partial charge in [0.2, 0.25) is 5.12 Å². The summed E-state index contributed by atoms with van der Waals surface area (Å²) in [5.41, 5.74) is 1.85. The van der Waals surface area contributed by atoms with Gasteiger partial charge >= 0.3 is 5.97 Å². The molecule has 0 aliphatic carbocycles. The fraction of sp³-hybridized carbons (Fsp3) is 0.333. The van der Waals surface area contributed by atoms with E-state index in [0.717, 1.165) is 17.6 Å². The molecule has 4 nitrogen and oxygen atoms in total. The van der Waals surface area contributed by atoms with Crippen molar-refractivity contribution in [2.24, 2.45) is 0 Å². The summed E-state index contributed by atoms with van der Waals surface area (Å²) in [6.07, 6.45) is 2.50. The zero-order chi connectivity index (χ0) is 14.1. The van der Waals surface area contributed by atoms with Gasteiger partial charge in [0, 0.05) is 18.3 Å². The van der Waals surface area contributed by atoms with Crippen molar-refractivity contribution in [3.05, 3.63) is 47.5 Å². The highest BCUT2D eigenvalue weighted by Gasteiger charge is 2.36. The zero-order valence-electron chi connectivity index (χ0n) is 10.9. The van der Waals surface area contributed by atoms with Crippen molar-refractivity contribution in [1.82, 2.24) is 4.90 Å². The van der Waals surface area contributed by atoms with Crippen molar-refractivity contribution in [3.63, 3.8) is 0 Å². The van der Waals surface area contributed by atoms with E-state index in [1.54, 1.807) is 6.08 Å². The minimum atomic E-state index is -0.841. The molecule has 3 rings (SSSR count). The molecule has 0 amide bonds. The van der Waals surface area contributed by atoms with Crippen LogP contribution < -0.4 is 0 Å². The Morgan fingerprint density at radius 3 is 2.80 bits per heavy atom. The molecule has 1 fully saturated rings. The third kappa shape index (κ3) is 2.51. The number of hydrogen-bond acceptors (Lipinski definition) is 4. The van der Waals surface area contributed by atoms with Gasteiger partial charge in [0.15, 0.2) is 0 Å². The number of likely N-dealkylation sites (tertiary alicyclic amines) is 1. The lowest BCUT2D eigenvalue weighted by Crippen LogP contribution is -2.41. The van der Waals surface area contributed by atoms with Gasteiger partial charge in [-0.1, -0.05) is 42.1 Å². The first kappa shape index (κ1) is 13.4. The van der Waals surface area contributed by atoms with E-state index < -0.39 is 12.0 Å². The van der Waals surface area contributed by atoms with Crippen LogP contribution in [0.25, 0.3) is 0 Å². The molecule has 0 aromatic heterocycles. The maximum absolute atomic E-state index is 11.6. The molecule has 2 heterocycles. The lowest BCUT2D eigenvalue weighted by atomic mass is 9.98. The molecule has 20 heavy (non-hydrogen) atoms. The molecule has 1 saturated heterocycles. The number of benzene rings is 1. The van der Waals surface area contributed by atoms with E-state index in [1.807, 2.05) is 35.2 Å². The standard InChI is InChI=1S/C15H15NO3S/c17-13-8-11-9-16(7-6-12(11)20-13)14(15(18)19)10-4-2-1-3-5-10/h1-5,8,12,14H,6-7,9H2,(H,18,19). The number of hydrogen-bond donors (Lipinski definition) is 1. The average Bonchev–Trinajstić information content (AvgIpc) is 2.79. The first-order valence-corrected chi connectivity index (χ1v) is 7.46. The van der Waals surface area contributed by atoms with Crippen LogP contribution in [-0.4, -0.2) is 39.4 Å². The highest BCUT2D eigenvalue weighted by Crippen LogP contribution is 2.37. The minimum Gasteiger partial charge on any atom is -0.480 e.